The molecule has 12 rings (SSSR count). The van der Waals surface area contributed by atoms with Crippen molar-refractivity contribution in [2.45, 2.75) is 55.4 Å². The molecule has 10 aromatic carbocycles. The van der Waals surface area contributed by atoms with Crippen LogP contribution in [-0.4, -0.2) is 80.1 Å². The lowest BCUT2D eigenvalue weighted by Crippen LogP contribution is -2.13. The van der Waals surface area contributed by atoms with E-state index in [1.165, 1.54) is 29.8 Å². The highest BCUT2D eigenvalue weighted by Gasteiger charge is 2.29. The van der Waals surface area contributed by atoms with Gasteiger partial charge in [0.15, 0.2) is 10.1 Å². The van der Waals surface area contributed by atoms with Crippen LogP contribution in [0.4, 0.5) is 0 Å². The third-order valence-electron chi connectivity index (χ3n) is 13.8. The van der Waals surface area contributed by atoms with Crippen molar-refractivity contribution in [3.8, 4) is 11.5 Å². The summed E-state index contributed by atoms with van der Waals surface area (Å²) in [5, 5.41) is 15.8. The lowest BCUT2D eigenvalue weighted by atomic mass is 10.1. The van der Waals surface area contributed by atoms with E-state index in [1.807, 2.05) is 98.8 Å². The minimum atomic E-state index is -4.05. The number of nitrogens with zero attached hydrogens (tertiary/aromatic N) is 3. The molecule has 0 aliphatic rings. The maximum Gasteiger partial charge on any atom is 0.297 e. The Morgan fingerprint density at radius 3 is 1.43 bits per heavy atom. The van der Waals surface area contributed by atoms with Crippen molar-refractivity contribution in [3.63, 3.8) is 0 Å². The minimum Gasteiger partial charge on any atom is -0.491 e. The molecule has 444 valence electrons. The van der Waals surface area contributed by atoms with E-state index in [0.717, 1.165) is 32.8 Å². The van der Waals surface area contributed by atoms with E-state index in [0.29, 0.717) is 50.6 Å². The van der Waals surface area contributed by atoms with Gasteiger partial charge in [0.2, 0.25) is 19.7 Å². The highest BCUT2D eigenvalue weighted by atomic mass is 79.9. The van der Waals surface area contributed by atoms with Gasteiger partial charge in [0.05, 0.1) is 37.2 Å². The Morgan fingerprint density at radius 1 is 0.448 bits per heavy atom. The SMILES string of the molecule is BrCc1ccccc1.Cc1ccc(S(=O)(=O)OCCOc2ccc3c(c2)c(S(=O)(=O)c2cccc4ccccc24)nn3Cc2ccccc2)cc1.Cc1ccc(S(=O)(=O)OCCOc2ccc3n[nH]c(S(=O)(=O)c4cccc5ccccc45)c3c2)cc1. The molecule has 21 heteroatoms. The fourth-order valence-corrected chi connectivity index (χ4v) is 14.7. The number of fused-ring (bicyclic) bond motifs is 4. The number of rotatable bonds is 19. The van der Waals surface area contributed by atoms with Crippen LogP contribution in [0.1, 0.15) is 22.3 Å². The first-order valence-corrected chi connectivity index (χ1v) is 34.1. The molecule has 0 amide bonds. The van der Waals surface area contributed by atoms with E-state index in [-0.39, 0.29) is 56.1 Å². The molecule has 0 saturated heterocycles. The molecule has 0 radical (unpaired) electrons. The third-order valence-corrected chi connectivity index (χ3v) is 20.6. The van der Waals surface area contributed by atoms with Crippen molar-refractivity contribution in [1.29, 1.82) is 0 Å². The Labute approximate surface area is 513 Å². The van der Waals surface area contributed by atoms with E-state index in [9.17, 15) is 33.7 Å². The van der Waals surface area contributed by atoms with E-state index < -0.39 is 39.9 Å². The summed E-state index contributed by atoms with van der Waals surface area (Å²) in [5.41, 5.74) is 5.24. The van der Waals surface area contributed by atoms with E-state index in [1.54, 1.807) is 114 Å². The van der Waals surface area contributed by atoms with Crippen molar-refractivity contribution >= 4 is 99.2 Å². The van der Waals surface area contributed by atoms with Crippen LogP contribution in [0.3, 0.4) is 0 Å². The van der Waals surface area contributed by atoms with Crippen molar-refractivity contribution < 1.29 is 51.5 Å². The Kier molecular flexibility index (Phi) is 19.1. The molecule has 0 aliphatic heterocycles. The molecule has 0 fully saturated rings. The van der Waals surface area contributed by atoms with Gasteiger partial charge < -0.3 is 9.47 Å². The highest BCUT2D eigenvalue weighted by molar-refractivity contribution is 9.08. The average molecular weight is 1310 g/mol. The van der Waals surface area contributed by atoms with Crippen molar-refractivity contribution in [2.75, 3.05) is 26.4 Å². The Bertz CT molecular complexity index is 4850. The molecule has 0 atom stereocenters. The summed E-state index contributed by atoms with van der Waals surface area (Å²) in [7, 11) is -15.8. The predicted molar refractivity (Wildman–Crippen MR) is 339 cm³/mol. The predicted octanol–water partition coefficient (Wildman–Crippen LogP) is 13.4. The van der Waals surface area contributed by atoms with E-state index in [4.69, 9.17) is 17.8 Å². The second-order valence-electron chi connectivity index (χ2n) is 19.8. The second-order valence-corrected chi connectivity index (χ2v) is 27.3. The monoisotopic (exact) mass is 1300 g/mol. The molecule has 0 aliphatic carbocycles. The number of aromatic amines is 1. The maximum absolute atomic E-state index is 14.2. The Balaban J connectivity index is 0.000000172. The molecular weight excluding hydrogens is 1250 g/mol. The quantitative estimate of drug-likeness (QED) is 0.0452. The van der Waals surface area contributed by atoms with Crippen molar-refractivity contribution in [1.82, 2.24) is 20.0 Å². The van der Waals surface area contributed by atoms with Crippen LogP contribution >= 0.6 is 15.9 Å². The first-order chi connectivity index (χ1) is 41.9. The molecule has 1 N–H and O–H groups in total. The number of H-pyrrole nitrogens is 1. The zero-order valence-electron chi connectivity index (χ0n) is 46.9. The van der Waals surface area contributed by atoms with Crippen LogP contribution in [-0.2, 0) is 60.2 Å². The standard InChI is InChI=1S/C33H28N2O6S2.C26H22N2O6S2.C7H7Br/c1-24-14-17-28(18-15-24)43(38,39)41-21-20-40-27-16-19-31-30(22-27)33(34-35(31)23-25-8-3-2-4-9-25)42(36,37)32-13-7-11-26-10-5-6-12-29(26)32;1-18-9-12-21(13-10-18)36(31,32)34-16-15-33-20-11-14-24-23(17-20)26(28-27-24)35(29,30)25-8-4-6-19-5-2-3-7-22(19)25;8-6-7-4-2-1-3-5-7/h2-19,22H,20-21,23H2,1H3;2-14,17H,15-16H2,1H3,(H,27,28);1-5H,6H2. The van der Waals surface area contributed by atoms with Gasteiger partial charge in [0.1, 0.15) is 37.9 Å². The highest BCUT2D eigenvalue weighted by Crippen LogP contribution is 2.36. The van der Waals surface area contributed by atoms with Gasteiger partial charge in [-0.3, -0.25) is 18.1 Å². The first kappa shape index (κ1) is 61.5. The maximum atomic E-state index is 14.2. The van der Waals surface area contributed by atoms with Crippen LogP contribution < -0.4 is 9.47 Å². The minimum absolute atomic E-state index is 0.0440. The van der Waals surface area contributed by atoms with Crippen LogP contribution in [0.25, 0.3) is 43.4 Å². The number of nitrogens with one attached hydrogen (secondary N) is 1. The van der Waals surface area contributed by atoms with Gasteiger partial charge in [-0.25, -0.2) is 16.8 Å². The lowest BCUT2D eigenvalue weighted by molar-refractivity contribution is 0.221. The van der Waals surface area contributed by atoms with Crippen LogP contribution in [0.15, 0.2) is 260 Å². The summed E-state index contributed by atoms with van der Waals surface area (Å²) < 4.78 is 128. The number of benzene rings is 10. The van der Waals surface area contributed by atoms with Crippen LogP contribution in [0.5, 0.6) is 11.5 Å². The van der Waals surface area contributed by atoms with Gasteiger partial charge in [-0.1, -0.05) is 185 Å². The van der Waals surface area contributed by atoms with Gasteiger partial charge in [0.25, 0.3) is 20.2 Å². The molecule has 87 heavy (non-hydrogen) atoms. The smallest absolute Gasteiger partial charge is 0.297 e. The summed E-state index contributed by atoms with van der Waals surface area (Å²) in [6.45, 7) is 3.55. The van der Waals surface area contributed by atoms with Gasteiger partial charge >= 0.3 is 0 Å². The molecule has 12 aromatic rings. The first-order valence-electron chi connectivity index (χ1n) is 27.2. The van der Waals surface area contributed by atoms with Crippen molar-refractivity contribution in [2.24, 2.45) is 0 Å². The number of hydrogen-bond donors (Lipinski definition) is 1. The molecule has 0 unspecified atom stereocenters. The summed E-state index contributed by atoms with van der Waals surface area (Å²) in [4.78, 5) is 0.468. The number of hydrogen-bond acceptors (Lipinski definition) is 14. The fourth-order valence-electron chi connectivity index (χ4n) is 9.35. The number of aromatic nitrogens is 4. The zero-order chi connectivity index (χ0) is 61.2. The normalized spacial score (nSPS) is 11.9. The Morgan fingerprint density at radius 2 is 0.908 bits per heavy atom. The van der Waals surface area contributed by atoms with E-state index in [2.05, 4.69) is 43.4 Å². The third kappa shape index (κ3) is 14.5. The molecular formula is C66H57BrN4O12S4. The zero-order valence-corrected chi connectivity index (χ0v) is 51.8. The topological polar surface area (TPSA) is 220 Å². The molecule has 2 heterocycles. The summed E-state index contributed by atoms with van der Waals surface area (Å²) >= 11 is 3.36. The number of ether oxygens (including phenoxy) is 2. The summed E-state index contributed by atoms with van der Waals surface area (Å²) in [6, 6.07) is 67.4. The van der Waals surface area contributed by atoms with Crippen LogP contribution in [0.2, 0.25) is 0 Å². The number of alkyl halides is 1. The molecule has 0 spiro atoms. The van der Waals surface area contributed by atoms with Crippen molar-refractivity contribution in [3.05, 3.63) is 253 Å². The largest absolute Gasteiger partial charge is 0.491 e. The average Bonchev–Trinajstić information content (AvgIpc) is 2.08. The van der Waals surface area contributed by atoms with Crippen LogP contribution in [0, 0.1) is 13.8 Å². The van der Waals surface area contributed by atoms with Gasteiger partial charge in [-0.2, -0.15) is 27.0 Å². The molecule has 0 bridgehead atoms. The van der Waals surface area contributed by atoms with E-state index >= 15 is 0 Å². The molecule has 16 nitrogen and oxygen atoms in total. The summed E-state index contributed by atoms with van der Waals surface area (Å²) in [5.74, 6) is 0.715. The van der Waals surface area contributed by atoms with Gasteiger partial charge in [-0.15, -0.1) is 0 Å². The lowest BCUT2D eigenvalue weighted by Gasteiger charge is -2.09. The molecule has 2 aromatic heterocycles. The van der Waals surface area contributed by atoms with Gasteiger partial charge in [-0.05, 0) is 109 Å². The number of sulfone groups is 2. The fraction of sp³-hybridized carbons (Fsp3) is 0.121. The number of aryl methyl sites for hydroxylation is 2. The molecule has 0 saturated carbocycles. The Hall–Kier alpha value is -8.54. The van der Waals surface area contributed by atoms with Gasteiger partial charge in [0, 0.05) is 26.9 Å². The second kappa shape index (κ2) is 27.0. The number of halogens is 1. The summed E-state index contributed by atoms with van der Waals surface area (Å²) in [6.07, 6.45) is 0.